The van der Waals surface area contributed by atoms with E-state index in [4.69, 9.17) is 0 Å². The first-order chi connectivity index (χ1) is 8.31. The number of hydrogen-bond acceptors (Lipinski definition) is 4. The molecule has 1 atom stereocenters. The van der Waals surface area contributed by atoms with E-state index in [2.05, 4.69) is 15.2 Å². The zero-order chi connectivity index (χ0) is 11.8. The molecule has 0 saturated heterocycles. The van der Waals surface area contributed by atoms with Crippen molar-refractivity contribution in [1.82, 2.24) is 15.2 Å². The van der Waals surface area contributed by atoms with Crippen molar-refractivity contribution in [2.75, 3.05) is 13.6 Å². The monoisotopic (exact) mass is 251 g/mol. The predicted molar refractivity (Wildman–Crippen MR) is 67.0 cm³/mol. The van der Waals surface area contributed by atoms with Crippen LogP contribution in [-0.2, 0) is 11.2 Å². The van der Waals surface area contributed by atoms with Crippen molar-refractivity contribution in [2.24, 2.45) is 0 Å². The number of rotatable bonds is 2. The van der Waals surface area contributed by atoms with Crippen molar-refractivity contribution >= 4 is 17.2 Å². The van der Waals surface area contributed by atoms with Crippen LogP contribution in [0.2, 0.25) is 0 Å². The summed E-state index contributed by atoms with van der Waals surface area (Å²) >= 11 is 1.59. The Labute approximate surface area is 105 Å². The molecule has 4 nitrogen and oxygen atoms in total. The Morgan fingerprint density at radius 3 is 3.00 bits per heavy atom. The smallest absolute Gasteiger partial charge is 0.245 e. The molecule has 2 aliphatic rings. The van der Waals surface area contributed by atoms with Gasteiger partial charge in [0.1, 0.15) is 6.04 Å². The van der Waals surface area contributed by atoms with Crippen LogP contribution < -0.4 is 5.32 Å². The van der Waals surface area contributed by atoms with E-state index in [9.17, 15) is 4.79 Å². The molecule has 0 spiro atoms. The van der Waals surface area contributed by atoms with Crippen molar-refractivity contribution in [3.05, 3.63) is 16.1 Å². The Morgan fingerprint density at radius 2 is 2.35 bits per heavy atom. The first-order valence-electron chi connectivity index (χ1n) is 6.21. The fourth-order valence-corrected chi connectivity index (χ4v) is 3.57. The molecule has 1 aliphatic heterocycles. The quantitative estimate of drug-likeness (QED) is 0.863. The van der Waals surface area contributed by atoms with E-state index < -0.39 is 0 Å². The largest absolute Gasteiger partial charge is 0.338 e. The molecule has 1 saturated carbocycles. The van der Waals surface area contributed by atoms with E-state index >= 15 is 0 Å². The third kappa shape index (κ3) is 1.77. The number of aromatic nitrogens is 1. The Morgan fingerprint density at radius 1 is 1.53 bits per heavy atom. The molecule has 5 heteroatoms. The zero-order valence-corrected chi connectivity index (χ0v) is 10.8. The number of carbonyl (C=O) groups is 1. The number of likely N-dealkylation sites (N-methyl/N-ethyl adjacent to an activating group) is 1. The summed E-state index contributed by atoms with van der Waals surface area (Å²) in [5.74, 6) is 0.236. The van der Waals surface area contributed by atoms with Crippen LogP contribution in [0.1, 0.15) is 35.9 Å². The molecule has 1 aromatic heterocycles. The zero-order valence-electron chi connectivity index (χ0n) is 9.98. The van der Waals surface area contributed by atoms with Crippen molar-refractivity contribution in [3.63, 3.8) is 0 Å². The second-order valence-corrected chi connectivity index (χ2v) is 5.64. The molecular weight excluding hydrogens is 234 g/mol. The van der Waals surface area contributed by atoms with Gasteiger partial charge in [0.05, 0.1) is 16.1 Å². The summed E-state index contributed by atoms with van der Waals surface area (Å²) in [6.45, 7) is 0.832. The normalized spacial score (nSPS) is 25.4. The molecule has 92 valence electrons. The molecule has 17 heavy (non-hydrogen) atoms. The third-order valence-corrected chi connectivity index (χ3v) is 4.79. The Hall–Kier alpha value is -0.940. The van der Waals surface area contributed by atoms with Gasteiger partial charge in [-0.05, 0) is 26.3 Å². The summed E-state index contributed by atoms with van der Waals surface area (Å²) in [5, 5.41) is 3.15. The van der Waals surface area contributed by atoms with Gasteiger partial charge in [-0.3, -0.25) is 4.79 Å². The summed E-state index contributed by atoms with van der Waals surface area (Å²) in [5.41, 5.74) is 2.95. The Kier molecular flexibility index (Phi) is 2.88. The topological polar surface area (TPSA) is 45.2 Å². The summed E-state index contributed by atoms with van der Waals surface area (Å²) in [7, 11) is 1.86. The van der Waals surface area contributed by atoms with Crippen LogP contribution in [0.25, 0.3) is 0 Å². The maximum atomic E-state index is 12.5. The standard InChI is InChI=1S/C12H17N3OS/c1-13-10-11-9(14-7-17-11)5-6-15(12(10)16)8-3-2-4-8/h7-8,10,13H,2-6H2,1H3. The molecule has 0 aromatic carbocycles. The number of nitrogens with zero attached hydrogens (tertiary/aromatic N) is 2. The molecule has 2 heterocycles. The molecule has 1 unspecified atom stereocenters. The minimum absolute atomic E-state index is 0.180. The average Bonchev–Trinajstić information content (AvgIpc) is 2.66. The first kappa shape index (κ1) is 11.2. The first-order valence-corrected chi connectivity index (χ1v) is 7.09. The van der Waals surface area contributed by atoms with E-state index in [0.29, 0.717) is 6.04 Å². The SMILES string of the molecule is CNC1C(=O)N(C2CCC2)CCc2ncsc21. The van der Waals surface area contributed by atoms with Crippen LogP contribution in [0.3, 0.4) is 0 Å². The van der Waals surface area contributed by atoms with Crippen LogP contribution in [-0.4, -0.2) is 35.4 Å². The van der Waals surface area contributed by atoms with Gasteiger partial charge >= 0.3 is 0 Å². The Balaban J connectivity index is 1.90. The number of thiazole rings is 1. The summed E-state index contributed by atoms with van der Waals surface area (Å²) in [6, 6.07) is 0.299. The van der Waals surface area contributed by atoms with Crippen LogP contribution in [0.5, 0.6) is 0 Å². The lowest BCUT2D eigenvalue weighted by Crippen LogP contribution is -2.48. The maximum absolute atomic E-state index is 12.5. The second-order valence-electron chi connectivity index (χ2n) is 4.75. The van der Waals surface area contributed by atoms with Crippen molar-refractivity contribution in [1.29, 1.82) is 0 Å². The lowest BCUT2D eigenvalue weighted by Gasteiger charge is -2.38. The molecule has 1 fully saturated rings. The van der Waals surface area contributed by atoms with Crippen molar-refractivity contribution < 1.29 is 4.79 Å². The predicted octanol–water partition coefficient (Wildman–Crippen LogP) is 1.34. The van der Waals surface area contributed by atoms with E-state index in [1.54, 1.807) is 11.3 Å². The van der Waals surface area contributed by atoms with Crippen LogP contribution in [0.4, 0.5) is 0 Å². The van der Waals surface area contributed by atoms with E-state index in [-0.39, 0.29) is 11.9 Å². The van der Waals surface area contributed by atoms with Gasteiger partial charge in [0.15, 0.2) is 0 Å². The maximum Gasteiger partial charge on any atom is 0.245 e. The lowest BCUT2D eigenvalue weighted by molar-refractivity contribution is -0.137. The van der Waals surface area contributed by atoms with Gasteiger partial charge in [-0.1, -0.05) is 0 Å². The highest BCUT2D eigenvalue weighted by Gasteiger charge is 2.36. The molecule has 3 rings (SSSR count). The highest BCUT2D eigenvalue weighted by atomic mass is 32.1. The molecule has 0 bridgehead atoms. The molecule has 1 N–H and O–H groups in total. The molecule has 0 radical (unpaired) electrons. The summed E-state index contributed by atoms with van der Waals surface area (Å²) < 4.78 is 0. The molecule has 1 amide bonds. The van der Waals surface area contributed by atoms with Gasteiger partial charge in [-0.15, -0.1) is 11.3 Å². The lowest BCUT2D eigenvalue weighted by atomic mass is 9.91. The number of nitrogens with one attached hydrogen (secondary N) is 1. The van der Waals surface area contributed by atoms with Gasteiger partial charge in [0.2, 0.25) is 5.91 Å². The fraction of sp³-hybridized carbons (Fsp3) is 0.667. The van der Waals surface area contributed by atoms with Crippen molar-refractivity contribution in [3.8, 4) is 0 Å². The van der Waals surface area contributed by atoms with E-state index in [0.717, 1.165) is 23.5 Å². The fourth-order valence-electron chi connectivity index (χ4n) is 2.63. The molecular formula is C12H17N3OS. The minimum atomic E-state index is -0.180. The van der Waals surface area contributed by atoms with Gasteiger partial charge in [-0.2, -0.15) is 0 Å². The van der Waals surface area contributed by atoms with Gasteiger partial charge in [-0.25, -0.2) is 4.98 Å². The third-order valence-electron chi connectivity index (χ3n) is 3.86. The molecule has 1 aromatic rings. The number of amides is 1. The average molecular weight is 251 g/mol. The molecule has 1 aliphatic carbocycles. The van der Waals surface area contributed by atoms with Gasteiger partial charge in [0.25, 0.3) is 0 Å². The van der Waals surface area contributed by atoms with Crippen LogP contribution in [0.15, 0.2) is 5.51 Å². The van der Waals surface area contributed by atoms with Crippen LogP contribution >= 0.6 is 11.3 Å². The van der Waals surface area contributed by atoms with Crippen LogP contribution in [0, 0.1) is 0 Å². The number of fused-ring (bicyclic) bond motifs is 1. The summed E-state index contributed by atoms with van der Waals surface area (Å²) in [4.78, 5) is 20.1. The van der Waals surface area contributed by atoms with Crippen molar-refractivity contribution in [2.45, 2.75) is 37.8 Å². The highest BCUT2D eigenvalue weighted by Crippen LogP contribution is 2.32. The van der Waals surface area contributed by atoms with Gasteiger partial charge < -0.3 is 10.2 Å². The number of hydrogen-bond donors (Lipinski definition) is 1. The Bertz CT molecular complexity index is 427. The van der Waals surface area contributed by atoms with Gasteiger partial charge in [0, 0.05) is 19.0 Å². The minimum Gasteiger partial charge on any atom is -0.338 e. The van der Waals surface area contributed by atoms with E-state index in [1.165, 1.54) is 19.3 Å². The number of carbonyl (C=O) groups excluding carboxylic acids is 1. The van der Waals surface area contributed by atoms with E-state index in [1.807, 2.05) is 12.6 Å². The highest BCUT2D eigenvalue weighted by molar-refractivity contribution is 7.10. The summed E-state index contributed by atoms with van der Waals surface area (Å²) in [6.07, 6.45) is 4.50. The second kappa shape index (κ2) is 4.38.